The zero-order valence-corrected chi connectivity index (χ0v) is 11.8. The van der Waals surface area contributed by atoms with Crippen molar-refractivity contribution in [2.24, 2.45) is 0 Å². The van der Waals surface area contributed by atoms with Crippen LogP contribution in [0.1, 0.15) is 18.4 Å². The number of halogens is 1. The molecule has 1 aromatic rings. The van der Waals surface area contributed by atoms with Crippen molar-refractivity contribution in [3.63, 3.8) is 0 Å². The van der Waals surface area contributed by atoms with Gasteiger partial charge in [0.15, 0.2) is 0 Å². The number of rotatable bonds is 3. The van der Waals surface area contributed by atoms with Gasteiger partial charge in [0.25, 0.3) is 0 Å². The SMILES string of the molecule is CNC1(CO)CCCN(c2cc(Cl)ccc2C)C1. The molecule has 18 heavy (non-hydrogen) atoms. The molecule has 1 aliphatic heterocycles. The molecule has 2 N–H and O–H groups in total. The average Bonchev–Trinajstić information content (AvgIpc) is 2.41. The molecule has 3 nitrogen and oxygen atoms in total. The largest absolute Gasteiger partial charge is 0.394 e. The number of likely N-dealkylation sites (N-methyl/N-ethyl adjacent to an activating group) is 1. The Morgan fingerprint density at radius 2 is 2.28 bits per heavy atom. The van der Waals surface area contributed by atoms with E-state index < -0.39 is 0 Å². The Morgan fingerprint density at radius 3 is 2.94 bits per heavy atom. The third-order valence-electron chi connectivity index (χ3n) is 3.92. The second kappa shape index (κ2) is 5.47. The quantitative estimate of drug-likeness (QED) is 0.882. The van der Waals surface area contributed by atoms with Crippen molar-refractivity contribution in [1.82, 2.24) is 5.32 Å². The third-order valence-corrected chi connectivity index (χ3v) is 4.16. The first-order valence-electron chi connectivity index (χ1n) is 6.41. The van der Waals surface area contributed by atoms with Crippen LogP contribution in [0.15, 0.2) is 18.2 Å². The fourth-order valence-electron chi connectivity index (χ4n) is 2.67. The molecular weight excluding hydrogens is 248 g/mol. The van der Waals surface area contributed by atoms with Crippen LogP contribution in [0.2, 0.25) is 5.02 Å². The number of hydrogen-bond acceptors (Lipinski definition) is 3. The topological polar surface area (TPSA) is 35.5 Å². The molecule has 1 saturated heterocycles. The number of nitrogens with one attached hydrogen (secondary N) is 1. The highest BCUT2D eigenvalue weighted by molar-refractivity contribution is 6.30. The van der Waals surface area contributed by atoms with Crippen molar-refractivity contribution in [2.75, 3.05) is 31.6 Å². The first kappa shape index (κ1) is 13.7. The van der Waals surface area contributed by atoms with Crippen molar-refractivity contribution in [3.8, 4) is 0 Å². The molecular formula is C14H21ClN2O. The molecule has 0 aliphatic carbocycles. The maximum atomic E-state index is 9.61. The van der Waals surface area contributed by atoms with Crippen molar-refractivity contribution in [2.45, 2.75) is 25.3 Å². The first-order chi connectivity index (χ1) is 8.60. The lowest BCUT2D eigenvalue weighted by molar-refractivity contribution is 0.149. The second-order valence-electron chi connectivity index (χ2n) is 5.14. The van der Waals surface area contributed by atoms with Crippen LogP contribution in [-0.4, -0.2) is 37.4 Å². The van der Waals surface area contributed by atoms with Gasteiger partial charge in [-0.2, -0.15) is 0 Å². The van der Waals surface area contributed by atoms with E-state index >= 15 is 0 Å². The van der Waals surface area contributed by atoms with E-state index in [2.05, 4.69) is 17.1 Å². The minimum Gasteiger partial charge on any atom is -0.394 e. The van der Waals surface area contributed by atoms with Gasteiger partial charge >= 0.3 is 0 Å². The van der Waals surface area contributed by atoms with Crippen LogP contribution in [-0.2, 0) is 0 Å². The zero-order chi connectivity index (χ0) is 13.2. The lowest BCUT2D eigenvalue weighted by Crippen LogP contribution is -2.58. The van der Waals surface area contributed by atoms with Gasteiger partial charge in [-0.05, 0) is 44.5 Å². The van der Waals surface area contributed by atoms with Gasteiger partial charge in [-0.25, -0.2) is 0 Å². The Morgan fingerprint density at radius 1 is 1.50 bits per heavy atom. The molecule has 2 rings (SSSR count). The zero-order valence-electron chi connectivity index (χ0n) is 11.0. The van der Waals surface area contributed by atoms with Gasteiger partial charge in [0.1, 0.15) is 0 Å². The molecule has 0 amide bonds. The van der Waals surface area contributed by atoms with Gasteiger partial charge in [0, 0.05) is 23.8 Å². The van der Waals surface area contributed by atoms with Crippen LogP contribution in [0.4, 0.5) is 5.69 Å². The molecule has 1 aromatic carbocycles. The fraction of sp³-hybridized carbons (Fsp3) is 0.571. The molecule has 1 atom stereocenters. The molecule has 0 bridgehead atoms. The van der Waals surface area contributed by atoms with Crippen LogP contribution < -0.4 is 10.2 Å². The standard InChI is InChI=1S/C14H21ClN2O/c1-11-4-5-12(15)8-13(11)17-7-3-6-14(9-17,10-18)16-2/h4-5,8,16,18H,3,6-7,9-10H2,1-2H3. The summed E-state index contributed by atoms with van der Waals surface area (Å²) in [6, 6.07) is 5.98. The molecule has 0 saturated carbocycles. The summed E-state index contributed by atoms with van der Waals surface area (Å²) < 4.78 is 0. The summed E-state index contributed by atoms with van der Waals surface area (Å²) in [5.41, 5.74) is 2.21. The molecule has 1 aliphatic rings. The highest BCUT2D eigenvalue weighted by Gasteiger charge is 2.33. The molecule has 1 fully saturated rings. The number of hydrogen-bond donors (Lipinski definition) is 2. The predicted octanol–water partition coefficient (Wildman–Crippen LogP) is 2.20. The Hall–Kier alpha value is -0.770. The van der Waals surface area contributed by atoms with Crippen LogP contribution in [0.3, 0.4) is 0 Å². The molecule has 100 valence electrons. The number of aryl methyl sites for hydroxylation is 1. The van der Waals surface area contributed by atoms with Crippen molar-refractivity contribution in [1.29, 1.82) is 0 Å². The molecule has 0 radical (unpaired) electrons. The second-order valence-corrected chi connectivity index (χ2v) is 5.58. The van der Waals surface area contributed by atoms with E-state index in [9.17, 15) is 5.11 Å². The summed E-state index contributed by atoms with van der Waals surface area (Å²) in [7, 11) is 1.92. The van der Waals surface area contributed by atoms with Gasteiger partial charge in [0.05, 0.1) is 12.1 Å². The van der Waals surface area contributed by atoms with Gasteiger partial charge < -0.3 is 15.3 Å². The predicted molar refractivity (Wildman–Crippen MR) is 76.5 cm³/mol. The smallest absolute Gasteiger partial charge is 0.0630 e. The first-order valence-corrected chi connectivity index (χ1v) is 6.79. The number of anilines is 1. The summed E-state index contributed by atoms with van der Waals surface area (Å²) >= 11 is 6.08. The highest BCUT2D eigenvalue weighted by atomic mass is 35.5. The maximum Gasteiger partial charge on any atom is 0.0630 e. The van der Waals surface area contributed by atoms with Crippen LogP contribution in [0.25, 0.3) is 0 Å². The van der Waals surface area contributed by atoms with Gasteiger partial charge in [-0.15, -0.1) is 0 Å². The summed E-state index contributed by atoms with van der Waals surface area (Å²) in [5, 5.41) is 13.7. The van der Waals surface area contributed by atoms with E-state index in [-0.39, 0.29) is 12.1 Å². The van der Waals surface area contributed by atoms with E-state index in [1.54, 1.807) is 0 Å². The summed E-state index contributed by atoms with van der Waals surface area (Å²) in [4.78, 5) is 2.32. The van der Waals surface area contributed by atoms with E-state index in [4.69, 9.17) is 11.6 Å². The van der Waals surface area contributed by atoms with Gasteiger partial charge in [0.2, 0.25) is 0 Å². The minimum absolute atomic E-state index is 0.166. The Bertz CT molecular complexity index is 418. The Labute approximate surface area is 114 Å². The van der Waals surface area contributed by atoms with Gasteiger partial charge in [-0.1, -0.05) is 17.7 Å². The Balaban J connectivity index is 2.25. The fourth-order valence-corrected chi connectivity index (χ4v) is 2.84. The van der Waals surface area contributed by atoms with E-state index in [0.29, 0.717) is 0 Å². The van der Waals surface area contributed by atoms with Crippen molar-refractivity contribution < 1.29 is 5.11 Å². The van der Waals surface area contributed by atoms with Gasteiger partial charge in [-0.3, -0.25) is 0 Å². The normalized spacial score (nSPS) is 24.3. The minimum atomic E-state index is -0.187. The number of piperidine rings is 1. The monoisotopic (exact) mass is 268 g/mol. The Kier molecular flexibility index (Phi) is 4.15. The lowest BCUT2D eigenvalue weighted by atomic mass is 9.89. The number of nitrogens with zero attached hydrogens (tertiary/aromatic N) is 1. The summed E-state index contributed by atoms with van der Waals surface area (Å²) in [6.45, 7) is 4.10. The average molecular weight is 269 g/mol. The van der Waals surface area contributed by atoms with Crippen LogP contribution >= 0.6 is 11.6 Å². The third kappa shape index (κ3) is 2.63. The van der Waals surface area contributed by atoms with E-state index in [1.807, 2.05) is 25.2 Å². The van der Waals surface area contributed by atoms with E-state index in [1.165, 1.54) is 11.3 Å². The van der Waals surface area contributed by atoms with E-state index in [0.717, 1.165) is 31.0 Å². The van der Waals surface area contributed by atoms with Crippen LogP contribution in [0.5, 0.6) is 0 Å². The molecule has 1 heterocycles. The summed E-state index contributed by atoms with van der Waals surface area (Å²) in [6.07, 6.45) is 2.09. The number of benzene rings is 1. The highest BCUT2D eigenvalue weighted by Crippen LogP contribution is 2.30. The lowest BCUT2D eigenvalue weighted by Gasteiger charge is -2.43. The maximum absolute atomic E-state index is 9.61. The van der Waals surface area contributed by atoms with Crippen LogP contribution in [0, 0.1) is 6.92 Å². The molecule has 0 spiro atoms. The molecule has 4 heteroatoms. The van der Waals surface area contributed by atoms with Crippen molar-refractivity contribution in [3.05, 3.63) is 28.8 Å². The number of aliphatic hydroxyl groups excluding tert-OH is 1. The molecule has 1 unspecified atom stereocenters. The molecule has 0 aromatic heterocycles. The number of aliphatic hydroxyl groups is 1. The van der Waals surface area contributed by atoms with Crippen molar-refractivity contribution >= 4 is 17.3 Å². The summed E-state index contributed by atoms with van der Waals surface area (Å²) in [5.74, 6) is 0.